The molecule has 1 unspecified atom stereocenters. The van der Waals surface area contributed by atoms with Crippen molar-refractivity contribution < 1.29 is 9.53 Å². The van der Waals surface area contributed by atoms with Gasteiger partial charge < -0.3 is 20.3 Å². The highest BCUT2D eigenvalue weighted by atomic mass is 16.5. The van der Waals surface area contributed by atoms with E-state index in [1.54, 1.807) is 7.11 Å². The van der Waals surface area contributed by atoms with Gasteiger partial charge in [-0.15, -0.1) is 0 Å². The molecule has 0 saturated carbocycles. The van der Waals surface area contributed by atoms with Crippen molar-refractivity contribution >= 4 is 5.91 Å². The molecule has 0 saturated heterocycles. The SMILES string of the molecule is CCCN(CC)CCNC(C)C(=O)NCCCOC. The highest BCUT2D eigenvalue weighted by Gasteiger charge is 2.11. The van der Waals surface area contributed by atoms with Gasteiger partial charge in [-0.1, -0.05) is 13.8 Å². The molecule has 0 radical (unpaired) electrons. The molecule has 0 aliphatic carbocycles. The number of likely N-dealkylation sites (N-methyl/N-ethyl adjacent to an activating group) is 1. The third kappa shape index (κ3) is 9.87. The predicted octanol–water partition coefficient (Wildman–Crippen LogP) is 0.849. The lowest BCUT2D eigenvalue weighted by Gasteiger charge is -2.21. The van der Waals surface area contributed by atoms with Crippen LogP contribution in [0.3, 0.4) is 0 Å². The molecular formula is C14H31N3O2. The predicted molar refractivity (Wildman–Crippen MR) is 79.4 cm³/mol. The Hall–Kier alpha value is -0.650. The summed E-state index contributed by atoms with van der Waals surface area (Å²) in [6.07, 6.45) is 2.03. The summed E-state index contributed by atoms with van der Waals surface area (Å²) in [7, 11) is 1.67. The van der Waals surface area contributed by atoms with E-state index in [0.717, 1.165) is 32.6 Å². The van der Waals surface area contributed by atoms with Gasteiger partial charge in [0, 0.05) is 33.4 Å². The number of hydrogen-bond acceptors (Lipinski definition) is 4. The third-order valence-electron chi connectivity index (χ3n) is 3.08. The van der Waals surface area contributed by atoms with Gasteiger partial charge >= 0.3 is 0 Å². The minimum atomic E-state index is -0.136. The standard InChI is InChI=1S/C14H31N3O2/c1-5-10-17(6-2)11-9-15-13(3)14(18)16-8-7-12-19-4/h13,15H,5-12H2,1-4H3,(H,16,18). The number of amides is 1. The molecule has 5 nitrogen and oxygen atoms in total. The first-order valence-corrected chi connectivity index (χ1v) is 7.38. The zero-order valence-corrected chi connectivity index (χ0v) is 13.0. The van der Waals surface area contributed by atoms with Crippen LogP contribution in [0.1, 0.15) is 33.6 Å². The number of methoxy groups -OCH3 is 1. The second kappa shape index (κ2) is 12.4. The molecule has 1 atom stereocenters. The molecule has 2 N–H and O–H groups in total. The Bertz CT molecular complexity index is 225. The maximum absolute atomic E-state index is 11.7. The topological polar surface area (TPSA) is 53.6 Å². The number of carbonyl (C=O) groups excluding carboxylic acids is 1. The van der Waals surface area contributed by atoms with Crippen LogP contribution in [0, 0.1) is 0 Å². The van der Waals surface area contributed by atoms with E-state index in [9.17, 15) is 4.79 Å². The van der Waals surface area contributed by atoms with E-state index in [1.807, 2.05) is 6.92 Å². The van der Waals surface area contributed by atoms with Gasteiger partial charge in [0.1, 0.15) is 0 Å². The van der Waals surface area contributed by atoms with Gasteiger partial charge in [-0.2, -0.15) is 0 Å². The van der Waals surface area contributed by atoms with Gasteiger partial charge in [-0.25, -0.2) is 0 Å². The second-order valence-corrected chi connectivity index (χ2v) is 4.75. The summed E-state index contributed by atoms with van der Waals surface area (Å²) in [4.78, 5) is 14.1. The Morgan fingerprint density at radius 3 is 2.58 bits per heavy atom. The largest absolute Gasteiger partial charge is 0.385 e. The lowest BCUT2D eigenvalue weighted by atomic mass is 10.3. The summed E-state index contributed by atoms with van der Waals surface area (Å²) in [6.45, 7) is 11.6. The quantitative estimate of drug-likeness (QED) is 0.518. The van der Waals surface area contributed by atoms with Crippen molar-refractivity contribution in [2.45, 2.75) is 39.7 Å². The molecule has 0 aromatic rings. The fraction of sp³-hybridized carbons (Fsp3) is 0.929. The molecule has 1 amide bonds. The number of carbonyl (C=O) groups is 1. The van der Waals surface area contributed by atoms with E-state index in [2.05, 4.69) is 29.4 Å². The van der Waals surface area contributed by atoms with Crippen LogP contribution < -0.4 is 10.6 Å². The molecule has 0 fully saturated rings. The molecule has 0 aliphatic heterocycles. The zero-order chi connectivity index (χ0) is 14.5. The molecule has 0 spiro atoms. The average Bonchev–Trinajstić information content (AvgIpc) is 2.42. The lowest BCUT2D eigenvalue weighted by Crippen LogP contribution is -2.45. The number of ether oxygens (including phenoxy) is 1. The van der Waals surface area contributed by atoms with Gasteiger partial charge in [0.05, 0.1) is 6.04 Å². The minimum absolute atomic E-state index is 0.0645. The van der Waals surface area contributed by atoms with E-state index < -0.39 is 0 Å². The summed E-state index contributed by atoms with van der Waals surface area (Å²) in [6, 6.07) is -0.136. The van der Waals surface area contributed by atoms with E-state index in [4.69, 9.17) is 4.74 Å². The van der Waals surface area contributed by atoms with Crippen LogP contribution >= 0.6 is 0 Å². The van der Waals surface area contributed by atoms with Crippen molar-refractivity contribution in [3.8, 4) is 0 Å². The normalized spacial score (nSPS) is 12.7. The van der Waals surface area contributed by atoms with Gasteiger partial charge in [-0.3, -0.25) is 4.79 Å². The van der Waals surface area contributed by atoms with Gasteiger partial charge in [0.15, 0.2) is 0 Å². The van der Waals surface area contributed by atoms with E-state index >= 15 is 0 Å². The lowest BCUT2D eigenvalue weighted by molar-refractivity contribution is -0.122. The molecule has 114 valence electrons. The summed E-state index contributed by atoms with van der Waals surface area (Å²) in [5.74, 6) is 0.0645. The molecule has 0 heterocycles. The van der Waals surface area contributed by atoms with Crippen LogP contribution in [0.15, 0.2) is 0 Å². The van der Waals surface area contributed by atoms with Crippen molar-refractivity contribution in [2.24, 2.45) is 0 Å². The molecule has 0 aromatic carbocycles. The van der Waals surface area contributed by atoms with Crippen molar-refractivity contribution in [1.82, 2.24) is 15.5 Å². The molecule has 0 aliphatic rings. The highest BCUT2D eigenvalue weighted by molar-refractivity contribution is 5.81. The zero-order valence-electron chi connectivity index (χ0n) is 13.0. The smallest absolute Gasteiger partial charge is 0.236 e. The molecule has 0 bridgehead atoms. The van der Waals surface area contributed by atoms with Crippen molar-refractivity contribution in [2.75, 3.05) is 46.4 Å². The molecule has 5 heteroatoms. The monoisotopic (exact) mass is 273 g/mol. The van der Waals surface area contributed by atoms with E-state index in [0.29, 0.717) is 13.2 Å². The second-order valence-electron chi connectivity index (χ2n) is 4.75. The van der Waals surface area contributed by atoms with Gasteiger partial charge in [0.25, 0.3) is 0 Å². The first-order valence-electron chi connectivity index (χ1n) is 7.38. The highest BCUT2D eigenvalue weighted by Crippen LogP contribution is 1.90. The first kappa shape index (κ1) is 18.4. The fourth-order valence-electron chi connectivity index (χ4n) is 1.86. The van der Waals surface area contributed by atoms with Crippen LogP contribution in [0.2, 0.25) is 0 Å². The van der Waals surface area contributed by atoms with Crippen LogP contribution in [-0.2, 0) is 9.53 Å². The van der Waals surface area contributed by atoms with Gasteiger partial charge in [-0.05, 0) is 32.9 Å². The third-order valence-corrected chi connectivity index (χ3v) is 3.08. The van der Waals surface area contributed by atoms with Crippen molar-refractivity contribution in [3.05, 3.63) is 0 Å². The minimum Gasteiger partial charge on any atom is -0.385 e. The Labute approximate surface area is 118 Å². The summed E-state index contributed by atoms with van der Waals surface area (Å²) >= 11 is 0. The number of nitrogens with one attached hydrogen (secondary N) is 2. The maximum Gasteiger partial charge on any atom is 0.236 e. The molecule has 0 aromatic heterocycles. The molecular weight excluding hydrogens is 242 g/mol. The summed E-state index contributed by atoms with van der Waals surface area (Å²) < 4.78 is 4.94. The Kier molecular flexibility index (Phi) is 12.0. The fourth-order valence-corrected chi connectivity index (χ4v) is 1.86. The van der Waals surface area contributed by atoms with Crippen LogP contribution in [0.25, 0.3) is 0 Å². The van der Waals surface area contributed by atoms with Crippen LogP contribution in [0.5, 0.6) is 0 Å². The van der Waals surface area contributed by atoms with Crippen LogP contribution in [0.4, 0.5) is 0 Å². The Morgan fingerprint density at radius 2 is 2.00 bits per heavy atom. The first-order chi connectivity index (χ1) is 9.15. The average molecular weight is 273 g/mol. The van der Waals surface area contributed by atoms with Crippen molar-refractivity contribution in [3.63, 3.8) is 0 Å². The maximum atomic E-state index is 11.7. The van der Waals surface area contributed by atoms with Crippen LogP contribution in [-0.4, -0.2) is 63.3 Å². The van der Waals surface area contributed by atoms with E-state index in [1.165, 1.54) is 6.42 Å². The number of nitrogens with zero attached hydrogens (tertiary/aromatic N) is 1. The summed E-state index contributed by atoms with van der Waals surface area (Å²) in [5, 5.41) is 6.16. The number of rotatable bonds is 12. The number of hydrogen-bond donors (Lipinski definition) is 2. The Balaban J connectivity index is 3.66. The van der Waals surface area contributed by atoms with E-state index in [-0.39, 0.29) is 11.9 Å². The molecule has 19 heavy (non-hydrogen) atoms. The summed E-state index contributed by atoms with van der Waals surface area (Å²) in [5.41, 5.74) is 0. The molecule has 0 rings (SSSR count). The Morgan fingerprint density at radius 1 is 1.26 bits per heavy atom. The van der Waals surface area contributed by atoms with Gasteiger partial charge in [0.2, 0.25) is 5.91 Å². The van der Waals surface area contributed by atoms with Crippen molar-refractivity contribution in [1.29, 1.82) is 0 Å².